The molecule has 0 aliphatic rings. The van der Waals surface area contributed by atoms with Crippen LogP contribution in [0.4, 0.5) is 0 Å². The highest BCUT2D eigenvalue weighted by Crippen LogP contribution is 2.17. The smallest absolute Gasteiger partial charge is 0.251 e. The van der Waals surface area contributed by atoms with Gasteiger partial charge in [-0.25, -0.2) is 8.42 Å². The first kappa shape index (κ1) is 15.3. The molecule has 0 fully saturated rings. The van der Waals surface area contributed by atoms with Gasteiger partial charge in [0.05, 0.1) is 10.9 Å². The number of aryl methyl sites for hydroxylation is 1. The van der Waals surface area contributed by atoms with Crippen LogP contribution < -0.4 is 5.32 Å². The van der Waals surface area contributed by atoms with Crippen LogP contribution in [-0.4, -0.2) is 20.6 Å². The Bertz CT molecular complexity index is 744. The maximum Gasteiger partial charge on any atom is 0.251 e. The van der Waals surface area contributed by atoms with E-state index in [4.69, 9.17) is 4.42 Å². The van der Waals surface area contributed by atoms with Gasteiger partial charge in [-0.15, -0.1) is 0 Å². The zero-order valence-corrected chi connectivity index (χ0v) is 12.9. The molecule has 2 aromatic rings. The number of amides is 1. The lowest BCUT2D eigenvalue weighted by molar-refractivity contribution is 0.0935. The third-order valence-corrected chi connectivity index (χ3v) is 4.21. The SMILES string of the molecule is Cc1ccc([C@H](C)NC(=O)c2ccc(S(C)(=O)=O)cc2)o1. The first-order chi connectivity index (χ1) is 9.77. The Morgan fingerprint density at radius 3 is 2.24 bits per heavy atom. The number of sulfone groups is 1. The van der Waals surface area contributed by atoms with Crippen molar-refractivity contribution in [3.05, 3.63) is 53.5 Å². The van der Waals surface area contributed by atoms with Gasteiger partial charge in [0.15, 0.2) is 9.84 Å². The van der Waals surface area contributed by atoms with Crippen LogP contribution in [0, 0.1) is 6.92 Å². The summed E-state index contributed by atoms with van der Waals surface area (Å²) < 4.78 is 28.2. The highest BCUT2D eigenvalue weighted by atomic mass is 32.2. The Kier molecular flexibility index (Phi) is 4.18. The number of nitrogens with one attached hydrogen (secondary N) is 1. The van der Waals surface area contributed by atoms with E-state index in [2.05, 4.69) is 5.32 Å². The summed E-state index contributed by atoms with van der Waals surface area (Å²) >= 11 is 0. The molecule has 112 valence electrons. The molecule has 1 aromatic carbocycles. The molecule has 2 rings (SSSR count). The number of carbonyl (C=O) groups excluding carboxylic acids is 1. The summed E-state index contributed by atoms with van der Waals surface area (Å²) in [7, 11) is -3.26. The van der Waals surface area contributed by atoms with Crippen molar-refractivity contribution in [3.8, 4) is 0 Å². The van der Waals surface area contributed by atoms with Crippen LogP contribution in [0.1, 0.15) is 34.8 Å². The Balaban J connectivity index is 2.10. The number of carbonyl (C=O) groups is 1. The predicted octanol–water partition coefficient (Wildman–Crippen LogP) is 2.48. The molecule has 1 aromatic heterocycles. The molecule has 1 amide bonds. The average Bonchev–Trinajstić information content (AvgIpc) is 2.84. The van der Waals surface area contributed by atoms with E-state index in [0.29, 0.717) is 11.3 Å². The molecule has 5 nitrogen and oxygen atoms in total. The monoisotopic (exact) mass is 307 g/mol. The second-order valence-corrected chi connectivity index (χ2v) is 6.96. The van der Waals surface area contributed by atoms with E-state index >= 15 is 0 Å². The van der Waals surface area contributed by atoms with Gasteiger partial charge in [0.2, 0.25) is 0 Å². The lowest BCUT2D eigenvalue weighted by Crippen LogP contribution is -2.26. The van der Waals surface area contributed by atoms with Gasteiger partial charge < -0.3 is 9.73 Å². The minimum Gasteiger partial charge on any atom is -0.464 e. The van der Waals surface area contributed by atoms with Crippen molar-refractivity contribution in [1.29, 1.82) is 0 Å². The van der Waals surface area contributed by atoms with E-state index in [1.807, 2.05) is 26.0 Å². The Morgan fingerprint density at radius 2 is 1.76 bits per heavy atom. The number of hydrogen-bond acceptors (Lipinski definition) is 4. The molecule has 0 bridgehead atoms. The van der Waals surface area contributed by atoms with Gasteiger partial charge in [0, 0.05) is 11.8 Å². The predicted molar refractivity (Wildman–Crippen MR) is 78.9 cm³/mol. The molecule has 1 heterocycles. The zero-order chi connectivity index (χ0) is 15.6. The zero-order valence-electron chi connectivity index (χ0n) is 12.1. The van der Waals surface area contributed by atoms with E-state index in [-0.39, 0.29) is 16.8 Å². The molecule has 1 N–H and O–H groups in total. The van der Waals surface area contributed by atoms with Crippen LogP contribution >= 0.6 is 0 Å². The third-order valence-electron chi connectivity index (χ3n) is 3.08. The first-order valence-electron chi connectivity index (χ1n) is 6.44. The minimum absolute atomic E-state index is 0.189. The van der Waals surface area contributed by atoms with Crippen molar-refractivity contribution in [2.45, 2.75) is 24.8 Å². The second kappa shape index (κ2) is 5.73. The Hall–Kier alpha value is -2.08. The highest BCUT2D eigenvalue weighted by molar-refractivity contribution is 7.90. The molecule has 0 saturated carbocycles. The van der Waals surface area contributed by atoms with Crippen LogP contribution in [0.5, 0.6) is 0 Å². The lowest BCUT2D eigenvalue weighted by Gasteiger charge is -2.11. The van der Waals surface area contributed by atoms with Crippen LogP contribution in [0.15, 0.2) is 45.7 Å². The van der Waals surface area contributed by atoms with Crippen molar-refractivity contribution in [3.63, 3.8) is 0 Å². The second-order valence-electron chi connectivity index (χ2n) is 4.94. The molecule has 6 heteroatoms. The van der Waals surface area contributed by atoms with Gasteiger partial charge in [0.25, 0.3) is 5.91 Å². The number of hydrogen-bond donors (Lipinski definition) is 1. The van der Waals surface area contributed by atoms with Gasteiger partial charge in [-0.2, -0.15) is 0 Å². The normalized spacial score (nSPS) is 12.9. The van der Waals surface area contributed by atoms with Gasteiger partial charge in [0.1, 0.15) is 11.5 Å². The van der Waals surface area contributed by atoms with Gasteiger partial charge >= 0.3 is 0 Å². The summed E-state index contributed by atoms with van der Waals surface area (Å²) in [6.07, 6.45) is 1.13. The lowest BCUT2D eigenvalue weighted by atomic mass is 10.2. The standard InChI is InChI=1S/C15H17NO4S/c1-10-4-9-14(20-10)11(2)16-15(17)12-5-7-13(8-6-12)21(3,18)19/h4-9,11H,1-3H3,(H,16,17)/t11-/m0/s1. The van der Waals surface area contributed by atoms with Crippen LogP contribution in [-0.2, 0) is 9.84 Å². The fourth-order valence-electron chi connectivity index (χ4n) is 1.89. The molecule has 0 radical (unpaired) electrons. The molecule has 0 saturated heterocycles. The topological polar surface area (TPSA) is 76.4 Å². The fourth-order valence-corrected chi connectivity index (χ4v) is 2.52. The average molecular weight is 307 g/mol. The van der Waals surface area contributed by atoms with E-state index < -0.39 is 9.84 Å². The van der Waals surface area contributed by atoms with Crippen molar-refractivity contribution < 1.29 is 17.6 Å². The van der Waals surface area contributed by atoms with Crippen LogP contribution in [0.3, 0.4) is 0 Å². The molecular weight excluding hydrogens is 290 g/mol. The van der Waals surface area contributed by atoms with Crippen molar-refractivity contribution in [2.24, 2.45) is 0 Å². The number of benzene rings is 1. The van der Waals surface area contributed by atoms with Crippen LogP contribution in [0.2, 0.25) is 0 Å². The van der Waals surface area contributed by atoms with E-state index in [9.17, 15) is 13.2 Å². The first-order valence-corrected chi connectivity index (χ1v) is 8.34. The number of furan rings is 1. The van der Waals surface area contributed by atoms with Crippen molar-refractivity contribution in [2.75, 3.05) is 6.26 Å². The molecule has 0 spiro atoms. The summed E-state index contributed by atoms with van der Waals surface area (Å²) in [4.78, 5) is 12.3. The Labute approximate surface area is 123 Å². The minimum atomic E-state index is -3.26. The molecular formula is C15H17NO4S. The van der Waals surface area contributed by atoms with E-state index in [1.165, 1.54) is 24.3 Å². The quantitative estimate of drug-likeness (QED) is 0.941. The van der Waals surface area contributed by atoms with Crippen molar-refractivity contribution in [1.82, 2.24) is 5.32 Å². The summed E-state index contributed by atoms with van der Waals surface area (Å²) in [5.41, 5.74) is 0.400. The molecule has 0 unspecified atom stereocenters. The van der Waals surface area contributed by atoms with E-state index in [0.717, 1.165) is 12.0 Å². The maximum absolute atomic E-state index is 12.1. The van der Waals surface area contributed by atoms with E-state index in [1.54, 1.807) is 0 Å². The summed E-state index contributed by atoms with van der Waals surface area (Å²) in [5, 5.41) is 2.80. The summed E-state index contributed by atoms with van der Waals surface area (Å²) in [6.45, 7) is 3.66. The summed E-state index contributed by atoms with van der Waals surface area (Å²) in [5.74, 6) is 1.17. The largest absolute Gasteiger partial charge is 0.464 e. The molecule has 0 aliphatic carbocycles. The number of rotatable bonds is 4. The fraction of sp³-hybridized carbons (Fsp3) is 0.267. The van der Waals surface area contributed by atoms with Gasteiger partial charge in [-0.05, 0) is 50.2 Å². The maximum atomic E-state index is 12.1. The summed E-state index contributed by atoms with van der Waals surface area (Å²) in [6, 6.07) is 9.21. The third kappa shape index (κ3) is 3.72. The van der Waals surface area contributed by atoms with Gasteiger partial charge in [-0.3, -0.25) is 4.79 Å². The molecule has 1 atom stereocenters. The van der Waals surface area contributed by atoms with Crippen molar-refractivity contribution >= 4 is 15.7 Å². The Morgan fingerprint density at radius 1 is 1.14 bits per heavy atom. The molecule has 0 aliphatic heterocycles. The molecule has 21 heavy (non-hydrogen) atoms. The van der Waals surface area contributed by atoms with Gasteiger partial charge in [-0.1, -0.05) is 0 Å². The van der Waals surface area contributed by atoms with Crippen LogP contribution in [0.25, 0.3) is 0 Å². The highest BCUT2D eigenvalue weighted by Gasteiger charge is 2.15.